The van der Waals surface area contributed by atoms with Gasteiger partial charge in [-0.25, -0.2) is 0 Å². The highest BCUT2D eigenvalue weighted by molar-refractivity contribution is 5.80. The van der Waals surface area contributed by atoms with Crippen molar-refractivity contribution in [2.45, 2.75) is 136 Å². The number of carbonyl (C=O) groups is 1. The van der Waals surface area contributed by atoms with Gasteiger partial charge in [-0.3, -0.25) is 4.79 Å². The van der Waals surface area contributed by atoms with Gasteiger partial charge in [-0.1, -0.05) is 97.3 Å². The van der Waals surface area contributed by atoms with Gasteiger partial charge < -0.3 is 4.48 Å². The zero-order chi connectivity index (χ0) is 21.8. The lowest BCUT2D eigenvalue weighted by molar-refractivity contribution is -0.870. The van der Waals surface area contributed by atoms with Crippen LogP contribution >= 0.6 is 0 Å². The first-order valence-corrected chi connectivity index (χ1v) is 13.2. The van der Waals surface area contributed by atoms with E-state index in [1.165, 1.54) is 103 Å². The topological polar surface area (TPSA) is 17.1 Å². The van der Waals surface area contributed by atoms with Gasteiger partial charge in [-0.2, -0.15) is 0 Å². The Hall–Kier alpha value is -0.370. The van der Waals surface area contributed by atoms with Crippen molar-refractivity contribution in [3.63, 3.8) is 0 Å². The molecule has 0 amide bonds. The third kappa shape index (κ3) is 20.7. The summed E-state index contributed by atoms with van der Waals surface area (Å²) < 4.78 is 1.04. The molecule has 0 aromatic heterocycles. The molecule has 0 bridgehead atoms. The van der Waals surface area contributed by atoms with E-state index in [1.54, 1.807) is 0 Å². The average Bonchev–Trinajstić information content (AvgIpc) is 2.67. The summed E-state index contributed by atoms with van der Waals surface area (Å²) in [5, 5.41) is 0. The summed E-state index contributed by atoms with van der Waals surface area (Å²) in [7, 11) is 6.80. The Morgan fingerprint density at radius 3 is 1.48 bits per heavy atom. The molecule has 0 saturated heterocycles. The Labute approximate surface area is 184 Å². The Bertz CT molecular complexity index is 358. The molecule has 0 aliphatic heterocycles. The van der Waals surface area contributed by atoms with Crippen molar-refractivity contribution in [3.8, 4) is 0 Å². The van der Waals surface area contributed by atoms with E-state index in [0.29, 0.717) is 11.7 Å². The number of carbonyl (C=O) groups excluding carboxylic acids is 1. The van der Waals surface area contributed by atoms with Gasteiger partial charge in [-0.05, 0) is 32.1 Å². The maximum Gasteiger partial charge on any atom is 0.135 e. The van der Waals surface area contributed by atoms with E-state index in [-0.39, 0.29) is 0 Å². The predicted octanol–water partition coefficient (Wildman–Crippen LogP) is 8.33. The minimum Gasteiger partial charge on any atom is -0.331 e. The molecule has 174 valence electrons. The molecule has 2 heteroatoms. The number of nitrogens with zero attached hydrogens (tertiary/aromatic N) is 1. The van der Waals surface area contributed by atoms with E-state index in [9.17, 15) is 4.79 Å². The van der Waals surface area contributed by atoms with Crippen LogP contribution in [0, 0.1) is 5.92 Å². The first-order valence-electron chi connectivity index (χ1n) is 13.2. The number of rotatable bonds is 22. The molecule has 0 heterocycles. The van der Waals surface area contributed by atoms with Crippen LogP contribution in [0.4, 0.5) is 0 Å². The minimum atomic E-state index is 0.346. The molecule has 1 atom stereocenters. The molecule has 29 heavy (non-hydrogen) atoms. The molecule has 0 aromatic carbocycles. The van der Waals surface area contributed by atoms with Crippen LogP contribution in [0.1, 0.15) is 136 Å². The maximum atomic E-state index is 12.8. The summed E-state index contributed by atoms with van der Waals surface area (Å²) in [6, 6.07) is 0. The smallest absolute Gasteiger partial charge is 0.135 e. The number of ketones is 1. The molecule has 0 aliphatic carbocycles. The molecule has 0 spiro atoms. The zero-order valence-corrected chi connectivity index (χ0v) is 21.1. The van der Waals surface area contributed by atoms with Crippen LogP contribution in [-0.2, 0) is 4.79 Å². The highest BCUT2D eigenvalue weighted by Crippen LogP contribution is 2.22. The van der Waals surface area contributed by atoms with E-state index in [0.717, 1.165) is 30.2 Å². The van der Waals surface area contributed by atoms with Crippen molar-refractivity contribution in [1.82, 2.24) is 0 Å². The van der Waals surface area contributed by atoms with Crippen molar-refractivity contribution in [1.29, 1.82) is 0 Å². The van der Waals surface area contributed by atoms with Gasteiger partial charge in [0.05, 0.1) is 27.7 Å². The average molecular weight is 411 g/mol. The summed E-state index contributed by atoms with van der Waals surface area (Å²) >= 11 is 0. The third-order valence-corrected chi connectivity index (χ3v) is 6.27. The van der Waals surface area contributed by atoms with Gasteiger partial charge in [0.15, 0.2) is 0 Å². The summed E-state index contributed by atoms with van der Waals surface area (Å²) in [6.45, 7) is 5.75. The van der Waals surface area contributed by atoms with Crippen LogP contribution in [0.15, 0.2) is 0 Å². The van der Waals surface area contributed by atoms with E-state index in [1.807, 2.05) is 0 Å². The van der Waals surface area contributed by atoms with Crippen LogP contribution < -0.4 is 0 Å². The number of Topliss-reactive ketones (excluding diaryl/α,β-unsaturated/α-hetero) is 1. The fourth-order valence-corrected chi connectivity index (χ4v) is 4.25. The molecule has 0 saturated carbocycles. The first kappa shape index (κ1) is 28.6. The first-order chi connectivity index (χ1) is 13.9. The van der Waals surface area contributed by atoms with Crippen LogP contribution in [0.3, 0.4) is 0 Å². The van der Waals surface area contributed by atoms with Gasteiger partial charge in [0.1, 0.15) is 5.78 Å². The summed E-state index contributed by atoms with van der Waals surface area (Å²) in [5.41, 5.74) is 0. The molecule has 0 fully saturated rings. The second-order valence-corrected chi connectivity index (χ2v) is 10.5. The molecule has 0 rings (SSSR count). The predicted molar refractivity (Wildman–Crippen MR) is 130 cm³/mol. The SMILES string of the molecule is CCCCCCCCCCCC(CCCC[N+](C)(C)C)C(=O)CCCCCCC. The lowest BCUT2D eigenvalue weighted by atomic mass is 9.88. The van der Waals surface area contributed by atoms with E-state index in [2.05, 4.69) is 35.0 Å². The molecule has 0 N–H and O–H groups in total. The van der Waals surface area contributed by atoms with Crippen molar-refractivity contribution >= 4 is 5.78 Å². The monoisotopic (exact) mass is 410 g/mol. The number of quaternary nitrogens is 1. The summed E-state index contributed by atoms with van der Waals surface area (Å²) in [6.07, 6.45) is 24.2. The molecule has 2 nitrogen and oxygen atoms in total. The summed E-state index contributed by atoms with van der Waals surface area (Å²) in [4.78, 5) is 12.8. The second kappa shape index (κ2) is 19.6. The second-order valence-electron chi connectivity index (χ2n) is 10.5. The van der Waals surface area contributed by atoms with Crippen LogP contribution in [0.25, 0.3) is 0 Å². The number of hydrogen-bond donors (Lipinski definition) is 0. The molecular weight excluding hydrogens is 354 g/mol. The minimum absolute atomic E-state index is 0.346. The van der Waals surface area contributed by atoms with Crippen molar-refractivity contribution in [2.24, 2.45) is 5.92 Å². The lowest BCUT2D eigenvalue weighted by Crippen LogP contribution is -2.35. The van der Waals surface area contributed by atoms with Gasteiger partial charge in [0.2, 0.25) is 0 Å². The van der Waals surface area contributed by atoms with Crippen molar-refractivity contribution in [3.05, 3.63) is 0 Å². The van der Waals surface area contributed by atoms with Crippen LogP contribution in [-0.4, -0.2) is 38.0 Å². The van der Waals surface area contributed by atoms with E-state index in [4.69, 9.17) is 0 Å². The zero-order valence-electron chi connectivity index (χ0n) is 21.1. The van der Waals surface area contributed by atoms with Gasteiger partial charge >= 0.3 is 0 Å². The molecule has 1 unspecified atom stereocenters. The largest absolute Gasteiger partial charge is 0.331 e. The standard InChI is InChI=1S/C27H56NO/c1-6-8-10-12-13-14-15-17-18-22-26(23-20-21-25-28(3,4)5)27(29)24-19-16-11-9-7-2/h26H,6-25H2,1-5H3/q+1. The molecular formula is C27H56NO+. The maximum absolute atomic E-state index is 12.8. The highest BCUT2D eigenvalue weighted by atomic mass is 16.1. The van der Waals surface area contributed by atoms with Gasteiger partial charge in [0.25, 0.3) is 0 Å². The summed E-state index contributed by atoms with van der Waals surface area (Å²) in [5.74, 6) is 0.921. The fraction of sp³-hybridized carbons (Fsp3) is 0.963. The Morgan fingerprint density at radius 2 is 1.00 bits per heavy atom. The van der Waals surface area contributed by atoms with Crippen molar-refractivity contribution < 1.29 is 9.28 Å². The highest BCUT2D eigenvalue weighted by Gasteiger charge is 2.18. The molecule has 0 aromatic rings. The van der Waals surface area contributed by atoms with Crippen LogP contribution in [0.2, 0.25) is 0 Å². The third-order valence-electron chi connectivity index (χ3n) is 6.27. The van der Waals surface area contributed by atoms with E-state index >= 15 is 0 Å². The van der Waals surface area contributed by atoms with Crippen molar-refractivity contribution in [2.75, 3.05) is 27.7 Å². The Morgan fingerprint density at radius 1 is 0.586 bits per heavy atom. The van der Waals surface area contributed by atoms with Gasteiger partial charge in [0, 0.05) is 12.3 Å². The fourth-order valence-electron chi connectivity index (χ4n) is 4.25. The molecule has 0 aliphatic rings. The van der Waals surface area contributed by atoms with E-state index < -0.39 is 0 Å². The Balaban J connectivity index is 4.08. The molecule has 0 radical (unpaired) electrons. The normalized spacial score (nSPS) is 13.0. The quantitative estimate of drug-likeness (QED) is 0.129. The number of hydrogen-bond acceptors (Lipinski definition) is 1. The number of unbranched alkanes of at least 4 members (excludes halogenated alkanes) is 13. The van der Waals surface area contributed by atoms with Crippen LogP contribution in [0.5, 0.6) is 0 Å². The van der Waals surface area contributed by atoms with Gasteiger partial charge in [-0.15, -0.1) is 0 Å². The Kier molecular flexibility index (Phi) is 19.3. The lowest BCUT2D eigenvalue weighted by Gasteiger charge is -2.24.